The van der Waals surface area contributed by atoms with Crippen molar-refractivity contribution in [2.75, 3.05) is 33.5 Å². The number of aliphatic hydroxyl groups is 1. The van der Waals surface area contributed by atoms with Crippen molar-refractivity contribution in [1.82, 2.24) is 5.32 Å². The van der Waals surface area contributed by atoms with Crippen LogP contribution in [0.5, 0.6) is 11.5 Å². The lowest BCUT2D eigenvalue weighted by atomic mass is 10.2. The van der Waals surface area contributed by atoms with Crippen molar-refractivity contribution in [3.63, 3.8) is 0 Å². The van der Waals surface area contributed by atoms with Gasteiger partial charge in [-0.2, -0.15) is 0 Å². The molecular formula is C15H24ClNO4. The van der Waals surface area contributed by atoms with E-state index < -0.39 is 0 Å². The Morgan fingerprint density at radius 1 is 1.24 bits per heavy atom. The van der Waals surface area contributed by atoms with E-state index in [1.807, 2.05) is 19.9 Å². The molecule has 0 fully saturated rings. The smallest absolute Gasteiger partial charge is 0.163 e. The highest BCUT2D eigenvalue weighted by atomic mass is 35.5. The van der Waals surface area contributed by atoms with Crippen molar-refractivity contribution < 1.29 is 19.3 Å². The lowest BCUT2D eigenvalue weighted by Gasteiger charge is -2.16. The average Bonchev–Trinajstić information content (AvgIpc) is 2.44. The highest BCUT2D eigenvalue weighted by molar-refractivity contribution is 6.31. The molecule has 5 nitrogen and oxygen atoms in total. The van der Waals surface area contributed by atoms with Gasteiger partial charge in [-0.3, -0.25) is 0 Å². The maximum atomic E-state index is 8.59. The lowest BCUT2D eigenvalue weighted by molar-refractivity contribution is 0.0938. The second-order valence-corrected chi connectivity index (χ2v) is 5.18. The number of benzene rings is 1. The first-order chi connectivity index (χ1) is 10.1. The Kier molecular flexibility index (Phi) is 8.45. The van der Waals surface area contributed by atoms with Gasteiger partial charge in [0.1, 0.15) is 0 Å². The summed E-state index contributed by atoms with van der Waals surface area (Å²) in [5.74, 6) is 1.31. The number of ether oxygens (including phenoxy) is 3. The minimum atomic E-state index is 0.0420. The summed E-state index contributed by atoms with van der Waals surface area (Å²) in [6.45, 7) is 6.15. The van der Waals surface area contributed by atoms with Gasteiger partial charge in [0, 0.05) is 24.2 Å². The summed E-state index contributed by atoms with van der Waals surface area (Å²) in [5, 5.41) is 12.5. The third-order valence-electron chi connectivity index (χ3n) is 2.67. The Labute approximate surface area is 131 Å². The summed E-state index contributed by atoms with van der Waals surface area (Å²) in [7, 11) is 1.61. The Morgan fingerprint density at radius 3 is 2.62 bits per heavy atom. The van der Waals surface area contributed by atoms with E-state index in [0.29, 0.717) is 42.8 Å². The Bertz CT molecular complexity index is 426. The molecule has 0 amide bonds. The molecule has 0 spiro atoms. The number of hydrogen-bond acceptors (Lipinski definition) is 5. The lowest BCUT2D eigenvalue weighted by Crippen LogP contribution is -2.20. The van der Waals surface area contributed by atoms with Gasteiger partial charge < -0.3 is 24.6 Å². The molecule has 0 aliphatic heterocycles. The van der Waals surface area contributed by atoms with Crippen LogP contribution in [-0.4, -0.2) is 44.7 Å². The zero-order valence-corrected chi connectivity index (χ0v) is 13.6. The van der Waals surface area contributed by atoms with Crippen LogP contribution in [0, 0.1) is 0 Å². The molecule has 1 aromatic rings. The fourth-order valence-electron chi connectivity index (χ4n) is 1.75. The van der Waals surface area contributed by atoms with Gasteiger partial charge in [-0.1, -0.05) is 11.6 Å². The molecule has 2 N–H and O–H groups in total. The van der Waals surface area contributed by atoms with Gasteiger partial charge in [0.2, 0.25) is 0 Å². The predicted octanol–water partition coefficient (Wildman–Crippen LogP) is 2.23. The maximum absolute atomic E-state index is 8.59. The SMILES string of the molecule is COc1cc(CNCCOCCO)c(Cl)cc1OC(C)C. The maximum Gasteiger partial charge on any atom is 0.163 e. The number of rotatable bonds is 10. The summed E-state index contributed by atoms with van der Waals surface area (Å²) in [5.41, 5.74) is 0.937. The van der Waals surface area contributed by atoms with Gasteiger partial charge in [-0.15, -0.1) is 0 Å². The van der Waals surface area contributed by atoms with Crippen molar-refractivity contribution in [1.29, 1.82) is 0 Å². The number of nitrogens with one attached hydrogen (secondary N) is 1. The topological polar surface area (TPSA) is 60.0 Å². The van der Waals surface area contributed by atoms with Crippen LogP contribution in [0.15, 0.2) is 12.1 Å². The summed E-state index contributed by atoms with van der Waals surface area (Å²) in [6.07, 6.45) is 0.0580. The largest absolute Gasteiger partial charge is 0.493 e. The normalized spacial score (nSPS) is 11.0. The van der Waals surface area contributed by atoms with Gasteiger partial charge in [-0.25, -0.2) is 0 Å². The van der Waals surface area contributed by atoms with Crippen LogP contribution >= 0.6 is 11.6 Å². The molecule has 0 aliphatic carbocycles. The van der Waals surface area contributed by atoms with E-state index in [9.17, 15) is 0 Å². The van der Waals surface area contributed by atoms with Crippen molar-refractivity contribution in [3.05, 3.63) is 22.7 Å². The molecular weight excluding hydrogens is 294 g/mol. The van der Waals surface area contributed by atoms with Crippen LogP contribution in [0.3, 0.4) is 0 Å². The molecule has 21 heavy (non-hydrogen) atoms. The van der Waals surface area contributed by atoms with Crippen molar-refractivity contribution in [2.24, 2.45) is 0 Å². The molecule has 0 bridgehead atoms. The monoisotopic (exact) mass is 317 g/mol. The summed E-state index contributed by atoms with van der Waals surface area (Å²) in [4.78, 5) is 0. The highest BCUT2D eigenvalue weighted by Crippen LogP contribution is 2.33. The minimum Gasteiger partial charge on any atom is -0.493 e. The Hall–Kier alpha value is -1.01. The Morgan fingerprint density at radius 2 is 2.00 bits per heavy atom. The van der Waals surface area contributed by atoms with Crippen molar-refractivity contribution >= 4 is 11.6 Å². The van der Waals surface area contributed by atoms with Gasteiger partial charge in [-0.05, 0) is 25.5 Å². The van der Waals surface area contributed by atoms with Gasteiger partial charge in [0.25, 0.3) is 0 Å². The van der Waals surface area contributed by atoms with E-state index in [-0.39, 0.29) is 12.7 Å². The second kappa shape index (κ2) is 9.84. The minimum absolute atomic E-state index is 0.0420. The summed E-state index contributed by atoms with van der Waals surface area (Å²) in [6, 6.07) is 3.65. The van der Waals surface area contributed by atoms with Gasteiger partial charge in [0.15, 0.2) is 11.5 Å². The number of methoxy groups -OCH3 is 1. The molecule has 6 heteroatoms. The molecule has 0 atom stereocenters. The molecule has 1 rings (SSSR count). The molecule has 120 valence electrons. The summed E-state index contributed by atoms with van der Waals surface area (Å²) >= 11 is 6.26. The van der Waals surface area contributed by atoms with Crippen LogP contribution in [0.2, 0.25) is 5.02 Å². The highest BCUT2D eigenvalue weighted by Gasteiger charge is 2.11. The van der Waals surface area contributed by atoms with Crippen LogP contribution in [0.4, 0.5) is 0 Å². The van der Waals surface area contributed by atoms with Gasteiger partial charge in [0.05, 0.1) is 33.0 Å². The van der Waals surface area contributed by atoms with Crippen LogP contribution < -0.4 is 14.8 Å². The van der Waals surface area contributed by atoms with Crippen LogP contribution in [0.25, 0.3) is 0 Å². The average molecular weight is 318 g/mol. The number of halogens is 1. The van der Waals surface area contributed by atoms with E-state index in [1.165, 1.54) is 0 Å². The third kappa shape index (κ3) is 6.52. The van der Waals surface area contributed by atoms with Crippen LogP contribution in [-0.2, 0) is 11.3 Å². The van der Waals surface area contributed by atoms with E-state index in [4.69, 9.17) is 30.9 Å². The zero-order valence-electron chi connectivity index (χ0n) is 12.8. The molecule has 0 aromatic heterocycles. The zero-order chi connectivity index (χ0) is 15.7. The van der Waals surface area contributed by atoms with Gasteiger partial charge >= 0.3 is 0 Å². The molecule has 0 saturated carbocycles. The van der Waals surface area contributed by atoms with Crippen LogP contribution in [0.1, 0.15) is 19.4 Å². The van der Waals surface area contributed by atoms with Crippen molar-refractivity contribution in [2.45, 2.75) is 26.5 Å². The van der Waals surface area contributed by atoms with E-state index >= 15 is 0 Å². The fourth-order valence-corrected chi connectivity index (χ4v) is 1.97. The first-order valence-electron chi connectivity index (χ1n) is 7.00. The molecule has 0 radical (unpaired) electrons. The second-order valence-electron chi connectivity index (χ2n) is 4.77. The van der Waals surface area contributed by atoms with E-state index in [2.05, 4.69) is 5.32 Å². The molecule has 0 heterocycles. The molecule has 0 saturated heterocycles. The molecule has 1 aromatic carbocycles. The molecule has 0 aliphatic rings. The van der Waals surface area contributed by atoms with Crippen molar-refractivity contribution in [3.8, 4) is 11.5 Å². The summed E-state index contributed by atoms with van der Waals surface area (Å²) < 4.78 is 16.2. The number of hydrogen-bond donors (Lipinski definition) is 2. The fraction of sp³-hybridized carbons (Fsp3) is 0.600. The quantitative estimate of drug-likeness (QED) is 0.648. The first-order valence-corrected chi connectivity index (χ1v) is 7.38. The Balaban J connectivity index is 2.58. The standard InChI is InChI=1S/C15H24ClNO4/c1-11(2)21-15-9-13(16)12(8-14(15)19-3)10-17-4-6-20-7-5-18/h8-9,11,17-18H,4-7,10H2,1-3H3. The number of aliphatic hydroxyl groups excluding tert-OH is 1. The van der Waals surface area contributed by atoms with E-state index in [1.54, 1.807) is 13.2 Å². The van der Waals surface area contributed by atoms with E-state index in [0.717, 1.165) is 5.56 Å². The third-order valence-corrected chi connectivity index (χ3v) is 3.02. The predicted molar refractivity (Wildman–Crippen MR) is 83.4 cm³/mol. The molecule has 0 unspecified atom stereocenters. The first kappa shape index (κ1) is 18.0.